The number of hydrogen-bond acceptors (Lipinski definition) is 9. The van der Waals surface area contributed by atoms with Gasteiger partial charge in [0, 0.05) is 24.1 Å². The summed E-state index contributed by atoms with van der Waals surface area (Å²) in [4.78, 5) is 45.2. The number of nitriles is 1. The van der Waals surface area contributed by atoms with Crippen LogP contribution in [0.1, 0.15) is 45.5 Å². The fourth-order valence-electron chi connectivity index (χ4n) is 3.25. The van der Waals surface area contributed by atoms with E-state index < -0.39 is 17.9 Å². The molecule has 0 bridgehead atoms. The minimum absolute atomic E-state index is 0.0188. The average Bonchev–Trinajstić information content (AvgIpc) is 3.17. The van der Waals surface area contributed by atoms with Crippen LogP contribution in [-0.2, 0) is 9.59 Å². The predicted octanol–water partition coefficient (Wildman–Crippen LogP) is 4.87. The van der Waals surface area contributed by atoms with E-state index in [4.69, 9.17) is 10.8 Å². The van der Waals surface area contributed by atoms with Crippen LogP contribution in [0.15, 0.2) is 52.7 Å². The molecule has 1 heterocycles. The Hall–Kier alpha value is -5.09. The van der Waals surface area contributed by atoms with E-state index in [0.29, 0.717) is 16.8 Å². The van der Waals surface area contributed by atoms with E-state index in [-0.39, 0.29) is 57.5 Å². The van der Waals surface area contributed by atoms with Crippen molar-refractivity contribution in [2.45, 2.75) is 19.3 Å². The number of benzene rings is 2. The predicted molar refractivity (Wildman–Crippen MR) is 134 cm³/mol. The van der Waals surface area contributed by atoms with Gasteiger partial charge in [0.25, 0.3) is 0 Å². The number of nitrogen functional groups attached to an aromatic ring is 1. The number of anilines is 2. The standard InChI is InChI=1S/C24H19N5O7S/c25-11-17-20(12-4-6-15(7-5-12)27-18(30)2-1-3-19(31)32)22(37-21(17)26)29-28-16-9-13(23(33)34)8-14(10-16)24(35)36/h4-10H,1-3,26H2,(H,27,30)(H,31,32)(H,33,34)(H,35,36). The SMILES string of the molecule is N#Cc1c(N)sc(N=Nc2cc(C(=O)O)cc(C(=O)O)c2)c1-c1ccc(NC(=O)CCCC(=O)O)cc1. The first-order chi connectivity index (χ1) is 17.6. The number of rotatable bonds is 10. The van der Waals surface area contributed by atoms with Crippen molar-refractivity contribution in [3.05, 3.63) is 59.2 Å². The van der Waals surface area contributed by atoms with Crippen LogP contribution >= 0.6 is 11.3 Å². The number of aromatic carboxylic acids is 2. The van der Waals surface area contributed by atoms with E-state index in [1.54, 1.807) is 24.3 Å². The van der Waals surface area contributed by atoms with Crippen molar-refractivity contribution < 1.29 is 34.5 Å². The summed E-state index contributed by atoms with van der Waals surface area (Å²) >= 11 is 0.971. The van der Waals surface area contributed by atoms with Crippen LogP contribution in [0, 0.1) is 11.3 Å². The van der Waals surface area contributed by atoms with Gasteiger partial charge in [-0.25, -0.2) is 9.59 Å². The quantitative estimate of drug-likeness (QED) is 0.229. The number of carboxylic acids is 3. The first-order valence-corrected chi connectivity index (χ1v) is 11.4. The van der Waals surface area contributed by atoms with Crippen LogP contribution in [-0.4, -0.2) is 39.1 Å². The maximum atomic E-state index is 12.0. The van der Waals surface area contributed by atoms with Gasteiger partial charge in [-0.15, -0.1) is 10.2 Å². The molecule has 3 rings (SSSR count). The number of aliphatic carboxylic acids is 1. The first-order valence-electron chi connectivity index (χ1n) is 10.6. The molecule has 3 aromatic rings. The molecule has 1 amide bonds. The molecule has 0 atom stereocenters. The minimum Gasteiger partial charge on any atom is -0.481 e. The Labute approximate surface area is 213 Å². The highest BCUT2D eigenvalue weighted by atomic mass is 32.1. The van der Waals surface area contributed by atoms with Crippen LogP contribution in [0.4, 0.5) is 21.4 Å². The van der Waals surface area contributed by atoms with Crippen molar-refractivity contribution >= 4 is 56.5 Å². The Bertz CT molecular complexity index is 1420. The summed E-state index contributed by atoms with van der Waals surface area (Å²) in [7, 11) is 0. The summed E-state index contributed by atoms with van der Waals surface area (Å²) in [5, 5.41) is 47.9. The molecule has 1 aromatic heterocycles. The van der Waals surface area contributed by atoms with Crippen LogP contribution < -0.4 is 11.1 Å². The number of amides is 1. The summed E-state index contributed by atoms with van der Waals surface area (Å²) in [5.74, 6) is -3.99. The third kappa shape index (κ3) is 6.74. The summed E-state index contributed by atoms with van der Waals surface area (Å²) in [5.41, 5.74) is 6.92. The maximum absolute atomic E-state index is 12.0. The van der Waals surface area contributed by atoms with Gasteiger partial charge >= 0.3 is 17.9 Å². The third-order valence-electron chi connectivity index (χ3n) is 4.95. The molecule has 37 heavy (non-hydrogen) atoms. The van der Waals surface area contributed by atoms with Crippen molar-refractivity contribution in [2.75, 3.05) is 11.1 Å². The lowest BCUT2D eigenvalue weighted by Gasteiger charge is -2.07. The highest BCUT2D eigenvalue weighted by molar-refractivity contribution is 7.20. The van der Waals surface area contributed by atoms with Crippen LogP contribution in [0.2, 0.25) is 0 Å². The smallest absolute Gasteiger partial charge is 0.335 e. The van der Waals surface area contributed by atoms with Crippen molar-refractivity contribution in [1.29, 1.82) is 5.26 Å². The van der Waals surface area contributed by atoms with Crippen LogP contribution in [0.5, 0.6) is 0 Å². The van der Waals surface area contributed by atoms with Gasteiger partial charge in [-0.1, -0.05) is 23.5 Å². The van der Waals surface area contributed by atoms with E-state index in [9.17, 15) is 34.7 Å². The third-order valence-corrected chi connectivity index (χ3v) is 5.85. The molecule has 0 spiro atoms. The molecule has 13 heteroatoms. The van der Waals surface area contributed by atoms with Gasteiger partial charge < -0.3 is 26.4 Å². The van der Waals surface area contributed by atoms with Gasteiger partial charge in [-0.3, -0.25) is 9.59 Å². The second-order valence-corrected chi connectivity index (χ2v) is 8.62. The second kappa shape index (κ2) is 11.6. The van der Waals surface area contributed by atoms with Gasteiger partial charge in [0.2, 0.25) is 5.91 Å². The van der Waals surface area contributed by atoms with Gasteiger partial charge in [-0.05, 0) is 42.3 Å². The van der Waals surface area contributed by atoms with E-state index >= 15 is 0 Å². The lowest BCUT2D eigenvalue weighted by atomic mass is 10.0. The summed E-state index contributed by atoms with van der Waals surface area (Å²) in [6.07, 6.45) is 0.139. The highest BCUT2D eigenvalue weighted by Crippen LogP contribution is 2.45. The fourth-order valence-corrected chi connectivity index (χ4v) is 4.11. The Morgan fingerprint density at radius 3 is 2.11 bits per heavy atom. The number of carboxylic acid groups (broad SMARTS) is 3. The summed E-state index contributed by atoms with van der Waals surface area (Å²) in [6, 6.07) is 11.8. The van der Waals surface area contributed by atoms with Crippen molar-refractivity contribution in [2.24, 2.45) is 10.2 Å². The topological polar surface area (TPSA) is 216 Å². The van der Waals surface area contributed by atoms with Crippen molar-refractivity contribution in [3.8, 4) is 17.2 Å². The molecule has 188 valence electrons. The molecule has 0 saturated carbocycles. The lowest BCUT2D eigenvalue weighted by Crippen LogP contribution is -2.11. The first kappa shape index (κ1) is 26.5. The number of carbonyl (C=O) groups excluding carboxylic acids is 1. The molecule has 0 aliphatic rings. The lowest BCUT2D eigenvalue weighted by molar-refractivity contribution is -0.137. The number of nitrogens with two attached hydrogens (primary N) is 1. The molecule has 12 nitrogen and oxygen atoms in total. The van der Waals surface area contributed by atoms with Gasteiger partial charge in [-0.2, -0.15) is 5.26 Å². The number of hydrogen-bond donors (Lipinski definition) is 5. The molecule has 0 unspecified atom stereocenters. The Balaban J connectivity index is 1.90. The number of carbonyl (C=O) groups is 4. The molecular weight excluding hydrogens is 502 g/mol. The Morgan fingerprint density at radius 2 is 1.57 bits per heavy atom. The largest absolute Gasteiger partial charge is 0.481 e. The Kier molecular flexibility index (Phi) is 8.28. The number of nitrogens with zero attached hydrogens (tertiary/aromatic N) is 3. The zero-order chi connectivity index (χ0) is 27.1. The molecule has 6 N–H and O–H groups in total. The van der Waals surface area contributed by atoms with E-state index in [2.05, 4.69) is 15.5 Å². The molecule has 0 radical (unpaired) electrons. The second-order valence-electron chi connectivity index (χ2n) is 7.58. The molecule has 0 saturated heterocycles. The average molecular weight is 522 g/mol. The van der Waals surface area contributed by atoms with Crippen molar-refractivity contribution in [1.82, 2.24) is 0 Å². The molecule has 2 aromatic carbocycles. The van der Waals surface area contributed by atoms with Crippen LogP contribution in [0.25, 0.3) is 11.1 Å². The van der Waals surface area contributed by atoms with Crippen molar-refractivity contribution in [3.63, 3.8) is 0 Å². The minimum atomic E-state index is -1.33. The fraction of sp³-hybridized carbons (Fsp3) is 0.125. The molecular formula is C24H19N5O7S. The van der Waals surface area contributed by atoms with E-state index in [1.165, 1.54) is 0 Å². The summed E-state index contributed by atoms with van der Waals surface area (Å²) < 4.78 is 0. The monoisotopic (exact) mass is 521 g/mol. The van der Waals surface area contributed by atoms with Gasteiger partial charge in [0.1, 0.15) is 16.1 Å². The number of nitrogens with one attached hydrogen (secondary N) is 1. The molecule has 0 aliphatic carbocycles. The van der Waals surface area contributed by atoms with E-state index in [1.807, 2.05) is 6.07 Å². The number of thiophene rings is 1. The van der Waals surface area contributed by atoms with E-state index in [0.717, 1.165) is 29.5 Å². The molecule has 0 fully saturated rings. The van der Waals surface area contributed by atoms with Gasteiger partial charge in [0.15, 0.2) is 0 Å². The Morgan fingerprint density at radius 1 is 0.946 bits per heavy atom. The summed E-state index contributed by atoms with van der Waals surface area (Å²) in [6.45, 7) is 0. The zero-order valence-corrected chi connectivity index (χ0v) is 19.8. The normalized spacial score (nSPS) is 10.7. The van der Waals surface area contributed by atoms with Gasteiger partial charge in [0.05, 0.1) is 22.4 Å². The highest BCUT2D eigenvalue weighted by Gasteiger charge is 2.19. The number of azo groups is 1. The van der Waals surface area contributed by atoms with Crippen LogP contribution in [0.3, 0.4) is 0 Å². The molecule has 0 aliphatic heterocycles. The maximum Gasteiger partial charge on any atom is 0.335 e. The zero-order valence-electron chi connectivity index (χ0n) is 19.0.